The van der Waals surface area contributed by atoms with Crippen LogP contribution in [0.4, 0.5) is 0 Å². The van der Waals surface area contributed by atoms with Crippen molar-refractivity contribution in [3.8, 4) is 11.1 Å². The molecule has 0 aliphatic heterocycles. The van der Waals surface area contributed by atoms with Crippen LogP contribution < -0.4 is 0 Å². The van der Waals surface area contributed by atoms with E-state index in [0.29, 0.717) is 0 Å². The van der Waals surface area contributed by atoms with E-state index in [2.05, 4.69) is 40.3 Å². The van der Waals surface area contributed by atoms with Crippen molar-refractivity contribution in [3.63, 3.8) is 0 Å². The highest BCUT2D eigenvalue weighted by molar-refractivity contribution is 5.62. The number of aromatic nitrogens is 2. The Bertz CT molecular complexity index is 648. The lowest BCUT2D eigenvalue weighted by atomic mass is 10.0. The van der Waals surface area contributed by atoms with Gasteiger partial charge >= 0.3 is 0 Å². The highest BCUT2D eigenvalue weighted by Crippen LogP contribution is 2.19. The number of nitrogens with zero attached hydrogens (tertiary/aromatic N) is 2. The lowest BCUT2D eigenvalue weighted by molar-refractivity contribution is 1.15. The summed E-state index contributed by atoms with van der Waals surface area (Å²) in [5.74, 6) is 0. The van der Waals surface area contributed by atoms with Crippen molar-refractivity contribution in [2.24, 2.45) is 0 Å². The van der Waals surface area contributed by atoms with Gasteiger partial charge in [0.2, 0.25) is 0 Å². The predicted octanol–water partition coefficient (Wildman–Crippen LogP) is 3.73. The summed E-state index contributed by atoms with van der Waals surface area (Å²) >= 11 is 0. The molecule has 3 aromatic rings. The van der Waals surface area contributed by atoms with Crippen molar-refractivity contribution in [2.75, 3.05) is 0 Å². The number of hydrogen-bond acceptors (Lipinski definition) is 2. The maximum Gasteiger partial charge on any atom is 0.0346 e. The van der Waals surface area contributed by atoms with E-state index in [1.165, 1.54) is 11.1 Å². The summed E-state index contributed by atoms with van der Waals surface area (Å²) in [5.41, 5.74) is 4.81. The van der Waals surface area contributed by atoms with Crippen LogP contribution in [0.5, 0.6) is 0 Å². The summed E-state index contributed by atoms with van der Waals surface area (Å²) in [6, 6.07) is 16.6. The van der Waals surface area contributed by atoms with E-state index in [4.69, 9.17) is 0 Å². The molecule has 19 heavy (non-hydrogen) atoms. The van der Waals surface area contributed by atoms with Crippen molar-refractivity contribution >= 4 is 0 Å². The highest BCUT2D eigenvalue weighted by Gasteiger charge is 2.01. The molecular weight excluding hydrogens is 232 g/mol. The molecule has 1 aromatic carbocycles. The molecule has 0 aliphatic rings. The highest BCUT2D eigenvalue weighted by atomic mass is 14.6. The second-order valence-corrected chi connectivity index (χ2v) is 4.48. The van der Waals surface area contributed by atoms with Gasteiger partial charge in [0.05, 0.1) is 0 Å². The van der Waals surface area contributed by atoms with Crippen LogP contribution in [-0.4, -0.2) is 9.97 Å². The minimum atomic E-state index is 0.909. The minimum Gasteiger partial charge on any atom is -0.265 e. The molecule has 0 aliphatic carbocycles. The van der Waals surface area contributed by atoms with Gasteiger partial charge in [-0.3, -0.25) is 9.97 Å². The molecule has 2 heteroatoms. The Balaban J connectivity index is 1.89. The number of hydrogen-bond donors (Lipinski definition) is 0. The fourth-order valence-electron chi connectivity index (χ4n) is 2.12. The van der Waals surface area contributed by atoms with Crippen LogP contribution in [-0.2, 0) is 6.42 Å². The Hall–Kier alpha value is -2.48. The molecule has 2 heterocycles. The summed E-state index contributed by atoms with van der Waals surface area (Å²) in [6.07, 6.45) is 8.34. The molecule has 2 nitrogen and oxygen atoms in total. The lowest BCUT2D eigenvalue weighted by Crippen LogP contribution is -1.90. The fraction of sp³-hybridized carbons (Fsp3) is 0.0588. The minimum absolute atomic E-state index is 0.909. The third-order valence-corrected chi connectivity index (χ3v) is 3.06. The molecule has 0 amide bonds. The van der Waals surface area contributed by atoms with Gasteiger partial charge in [-0.1, -0.05) is 30.3 Å². The van der Waals surface area contributed by atoms with Crippen molar-refractivity contribution in [1.82, 2.24) is 9.97 Å². The van der Waals surface area contributed by atoms with E-state index in [1.807, 2.05) is 30.6 Å². The quantitative estimate of drug-likeness (QED) is 0.703. The zero-order valence-corrected chi connectivity index (χ0v) is 10.5. The lowest BCUT2D eigenvalue weighted by Gasteiger charge is -2.05. The van der Waals surface area contributed by atoms with Crippen molar-refractivity contribution < 1.29 is 0 Å². The molecule has 0 unspecified atom stereocenters. The molecule has 0 saturated heterocycles. The zero-order valence-electron chi connectivity index (χ0n) is 10.5. The number of benzene rings is 1. The molecular formula is C17H14N2. The topological polar surface area (TPSA) is 25.8 Å². The Morgan fingerprint density at radius 3 is 2.26 bits per heavy atom. The fourth-order valence-corrected chi connectivity index (χ4v) is 2.12. The van der Waals surface area contributed by atoms with E-state index in [9.17, 15) is 0 Å². The monoisotopic (exact) mass is 246 g/mol. The van der Waals surface area contributed by atoms with Gasteiger partial charge in [0, 0.05) is 30.4 Å². The van der Waals surface area contributed by atoms with E-state index in [0.717, 1.165) is 17.5 Å². The van der Waals surface area contributed by atoms with Crippen LogP contribution in [0.25, 0.3) is 11.1 Å². The Labute approximate surface area is 112 Å². The van der Waals surface area contributed by atoms with Crippen molar-refractivity contribution in [3.05, 3.63) is 84.4 Å². The Kier molecular flexibility index (Phi) is 3.32. The van der Waals surface area contributed by atoms with Gasteiger partial charge in [-0.15, -0.1) is 0 Å². The van der Waals surface area contributed by atoms with Gasteiger partial charge in [0.1, 0.15) is 0 Å². The van der Waals surface area contributed by atoms with Gasteiger partial charge in [-0.2, -0.15) is 0 Å². The van der Waals surface area contributed by atoms with Crippen LogP contribution in [0.3, 0.4) is 0 Å². The zero-order chi connectivity index (χ0) is 12.9. The molecule has 0 saturated carbocycles. The smallest absolute Gasteiger partial charge is 0.0346 e. The first-order valence-corrected chi connectivity index (χ1v) is 6.30. The van der Waals surface area contributed by atoms with Gasteiger partial charge < -0.3 is 0 Å². The van der Waals surface area contributed by atoms with Crippen LogP contribution in [0.15, 0.2) is 73.3 Å². The van der Waals surface area contributed by atoms with Gasteiger partial charge in [0.25, 0.3) is 0 Å². The summed E-state index contributed by atoms with van der Waals surface area (Å²) < 4.78 is 0. The molecule has 0 bridgehead atoms. The summed E-state index contributed by atoms with van der Waals surface area (Å²) in [7, 11) is 0. The molecule has 92 valence electrons. The van der Waals surface area contributed by atoms with Crippen LogP contribution in [0.2, 0.25) is 0 Å². The van der Waals surface area contributed by atoms with Crippen molar-refractivity contribution in [2.45, 2.75) is 6.42 Å². The number of rotatable bonds is 3. The molecule has 2 aromatic heterocycles. The largest absolute Gasteiger partial charge is 0.265 e. The number of pyridine rings is 2. The van der Waals surface area contributed by atoms with Crippen LogP contribution in [0, 0.1) is 0 Å². The van der Waals surface area contributed by atoms with E-state index in [1.54, 1.807) is 12.4 Å². The van der Waals surface area contributed by atoms with Gasteiger partial charge in [0.15, 0.2) is 0 Å². The molecule has 0 radical (unpaired) electrons. The molecule has 0 atom stereocenters. The van der Waals surface area contributed by atoms with Crippen molar-refractivity contribution in [1.29, 1.82) is 0 Å². The average molecular weight is 246 g/mol. The SMILES string of the molecule is c1ccc(Cc2cncc(-c3ccncc3)c2)cc1. The third kappa shape index (κ3) is 2.86. The van der Waals surface area contributed by atoms with Crippen LogP contribution >= 0.6 is 0 Å². The molecule has 0 fully saturated rings. The van der Waals surface area contributed by atoms with E-state index in [-0.39, 0.29) is 0 Å². The van der Waals surface area contributed by atoms with E-state index < -0.39 is 0 Å². The average Bonchev–Trinajstić information content (AvgIpc) is 2.49. The molecule has 0 N–H and O–H groups in total. The maximum atomic E-state index is 4.34. The molecule has 0 spiro atoms. The molecule has 3 rings (SSSR count). The predicted molar refractivity (Wildman–Crippen MR) is 76.7 cm³/mol. The maximum absolute atomic E-state index is 4.34. The Morgan fingerprint density at radius 1 is 0.684 bits per heavy atom. The first kappa shape index (κ1) is 11.6. The second-order valence-electron chi connectivity index (χ2n) is 4.48. The van der Waals surface area contributed by atoms with E-state index >= 15 is 0 Å². The summed E-state index contributed by atoms with van der Waals surface area (Å²) in [6.45, 7) is 0. The standard InChI is InChI=1S/C17H14N2/c1-2-4-14(5-3-1)10-15-11-17(13-19-12-15)16-6-8-18-9-7-16/h1-9,11-13H,10H2. The Morgan fingerprint density at radius 2 is 1.47 bits per heavy atom. The first-order chi connectivity index (χ1) is 9.42. The normalized spacial score (nSPS) is 10.3. The van der Waals surface area contributed by atoms with Crippen LogP contribution in [0.1, 0.15) is 11.1 Å². The van der Waals surface area contributed by atoms with Gasteiger partial charge in [-0.05, 0) is 41.3 Å². The summed E-state index contributed by atoms with van der Waals surface area (Å²) in [4.78, 5) is 8.38. The summed E-state index contributed by atoms with van der Waals surface area (Å²) in [5, 5.41) is 0. The first-order valence-electron chi connectivity index (χ1n) is 6.30. The van der Waals surface area contributed by atoms with Gasteiger partial charge in [-0.25, -0.2) is 0 Å². The second kappa shape index (κ2) is 5.44. The third-order valence-electron chi connectivity index (χ3n) is 3.06.